The van der Waals surface area contributed by atoms with Gasteiger partial charge < -0.3 is 19.5 Å². The van der Waals surface area contributed by atoms with Crippen molar-refractivity contribution < 1.29 is 19.0 Å². The molecule has 0 saturated heterocycles. The standard InChI is InChI=1S/C21H21N7O4/c1-12(29)24-21-26-14-7-5-6-8-15(14)28(21)20-23-11-22-19(27-20)25-13-9-16(30-2)18(32-4)17(10-13)31-3/h5-11H,1-4H3,(H,24,26,29)(H,22,23,25,27). The number of carbonyl (C=O) groups is 1. The van der Waals surface area contributed by atoms with Gasteiger partial charge in [0.1, 0.15) is 6.33 Å². The van der Waals surface area contributed by atoms with Gasteiger partial charge in [-0.1, -0.05) is 12.1 Å². The van der Waals surface area contributed by atoms with Crippen LogP contribution in [-0.2, 0) is 4.79 Å². The first-order chi connectivity index (χ1) is 15.5. The normalized spacial score (nSPS) is 10.6. The van der Waals surface area contributed by atoms with Gasteiger partial charge in [-0.3, -0.25) is 10.1 Å². The van der Waals surface area contributed by atoms with E-state index in [1.165, 1.54) is 34.6 Å². The molecule has 4 rings (SSSR count). The smallest absolute Gasteiger partial charge is 0.241 e. The van der Waals surface area contributed by atoms with Gasteiger partial charge in [-0.25, -0.2) is 19.5 Å². The first-order valence-electron chi connectivity index (χ1n) is 9.55. The highest BCUT2D eigenvalue weighted by atomic mass is 16.5. The lowest BCUT2D eigenvalue weighted by atomic mass is 10.2. The summed E-state index contributed by atoms with van der Waals surface area (Å²) in [5.74, 6) is 2.05. The minimum Gasteiger partial charge on any atom is -0.493 e. The number of fused-ring (bicyclic) bond motifs is 1. The van der Waals surface area contributed by atoms with Crippen LogP contribution in [0.25, 0.3) is 17.0 Å². The Morgan fingerprint density at radius 1 is 0.969 bits per heavy atom. The molecule has 0 unspecified atom stereocenters. The molecule has 32 heavy (non-hydrogen) atoms. The van der Waals surface area contributed by atoms with E-state index in [4.69, 9.17) is 14.2 Å². The summed E-state index contributed by atoms with van der Waals surface area (Å²) in [6, 6.07) is 10.9. The fourth-order valence-electron chi connectivity index (χ4n) is 3.21. The Morgan fingerprint density at radius 3 is 2.34 bits per heavy atom. The van der Waals surface area contributed by atoms with Gasteiger partial charge >= 0.3 is 0 Å². The zero-order chi connectivity index (χ0) is 22.7. The van der Waals surface area contributed by atoms with Gasteiger partial charge in [-0.05, 0) is 12.1 Å². The minimum atomic E-state index is -0.258. The first kappa shape index (κ1) is 20.8. The number of nitrogens with zero attached hydrogens (tertiary/aromatic N) is 5. The lowest BCUT2D eigenvalue weighted by Crippen LogP contribution is -2.13. The van der Waals surface area contributed by atoms with Crippen LogP contribution in [0, 0.1) is 0 Å². The first-order valence-corrected chi connectivity index (χ1v) is 9.55. The molecule has 0 spiro atoms. The fraction of sp³-hybridized carbons (Fsp3) is 0.190. The Balaban J connectivity index is 1.75. The Labute approximate surface area is 183 Å². The highest BCUT2D eigenvalue weighted by molar-refractivity contribution is 5.90. The molecule has 0 radical (unpaired) electrons. The van der Waals surface area contributed by atoms with Gasteiger partial charge in [0.15, 0.2) is 11.5 Å². The van der Waals surface area contributed by atoms with E-state index in [1.54, 1.807) is 16.7 Å². The third-order valence-corrected chi connectivity index (χ3v) is 4.53. The van der Waals surface area contributed by atoms with Gasteiger partial charge in [-0.2, -0.15) is 4.98 Å². The van der Waals surface area contributed by atoms with Crippen LogP contribution < -0.4 is 24.8 Å². The number of para-hydroxylation sites is 2. The summed E-state index contributed by atoms with van der Waals surface area (Å²) < 4.78 is 17.8. The summed E-state index contributed by atoms with van der Waals surface area (Å²) in [6.45, 7) is 1.41. The van der Waals surface area contributed by atoms with Crippen molar-refractivity contribution in [1.82, 2.24) is 24.5 Å². The van der Waals surface area contributed by atoms with Crippen LogP contribution in [0.1, 0.15) is 6.92 Å². The quantitative estimate of drug-likeness (QED) is 0.451. The second-order valence-corrected chi connectivity index (χ2v) is 6.59. The maximum absolute atomic E-state index is 11.7. The Kier molecular flexibility index (Phi) is 5.71. The molecule has 11 nitrogen and oxygen atoms in total. The number of nitrogens with one attached hydrogen (secondary N) is 2. The minimum absolute atomic E-state index is 0.258. The van der Waals surface area contributed by atoms with E-state index in [2.05, 4.69) is 30.6 Å². The van der Waals surface area contributed by atoms with Crippen LogP contribution >= 0.6 is 0 Å². The van der Waals surface area contributed by atoms with Gasteiger partial charge in [0.05, 0.1) is 32.4 Å². The van der Waals surface area contributed by atoms with Crippen LogP contribution in [0.2, 0.25) is 0 Å². The molecule has 4 aromatic rings. The van der Waals surface area contributed by atoms with Crippen LogP contribution in [0.15, 0.2) is 42.7 Å². The number of amides is 1. The number of carbonyl (C=O) groups excluding carboxylic acids is 1. The van der Waals surface area contributed by atoms with Gasteiger partial charge in [0, 0.05) is 24.7 Å². The van der Waals surface area contributed by atoms with Crippen LogP contribution in [-0.4, -0.2) is 51.7 Å². The Morgan fingerprint density at radius 2 is 1.69 bits per heavy atom. The fourth-order valence-corrected chi connectivity index (χ4v) is 3.21. The Hall–Kier alpha value is -4.41. The molecule has 2 aromatic carbocycles. The molecular weight excluding hydrogens is 414 g/mol. The van der Waals surface area contributed by atoms with Gasteiger partial charge in [-0.15, -0.1) is 0 Å². The van der Waals surface area contributed by atoms with E-state index >= 15 is 0 Å². The van der Waals surface area contributed by atoms with E-state index in [0.29, 0.717) is 34.4 Å². The number of hydrogen-bond acceptors (Lipinski definition) is 9. The summed E-state index contributed by atoms with van der Waals surface area (Å²) in [5.41, 5.74) is 2.05. The SMILES string of the molecule is COc1cc(Nc2ncnc(-n3c(NC(C)=O)nc4ccccc43)n2)cc(OC)c1OC. The lowest BCUT2D eigenvalue weighted by Gasteiger charge is -2.15. The molecule has 0 fully saturated rings. The maximum atomic E-state index is 11.7. The zero-order valence-electron chi connectivity index (χ0n) is 17.9. The number of benzene rings is 2. The van der Waals surface area contributed by atoms with Crippen LogP contribution in [0.3, 0.4) is 0 Å². The molecule has 0 aliphatic rings. The van der Waals surface area contributed by atoms with Crippen molar-refractivity contribution in [2.75, 3.05) is 32.0 Å². The average Bonchev–Trinajstić information content (AvgIpc) is 3.15. The number of rotatable bonds is 7. The van der Waals surface area contributed by atoms with E-state index in [-0.39, 0.29) is 17.8 Å². The number of ether oxygens (including phenoxy) is 3. The molecule has 1 amide bonds. The largest absolute Gasteiger partial charge is 0.493 e. The van der Waals surface area contributed by atoms with Crippen molar-refractivity contribution in [3.8, 4) is 23.2 Å². The summed E-state index contributed by atoms with van der Waals surface area (Å²) in [6.07, 6.45) is 1.37. The summed E-state index contributed by atoms with van der Waals surface area (Å²) in [7, 11) is 4.61. The predicted molar refractivity (Wildman–Crippen MR) is 118 cm³/mol. The molecule has 0 aliphatic heterocycles. The van der Waals surface area contributed by atoms with Crippen molar-refractivity contribution in [3.63, 3.8) is 0 Å². The number of anilines is 3. The predicted octanol–water partition coefficient (Wildman–Crippen LogP) is 2.94. The van der Waals surface area contributed by atoms with Crippen molar-refractivity contribution >= 4 is 34.5 Å². The number of methoxy groups -OCH3 is 3. The van der Waals surface area contributed by atoms with E-state index in [9.17, 15) is 4.79 Å². The number of aromatic nitrogens is 5. The monoisotopic (exact) mass is 435 g/mol. The molecule has 0 aliphatic carbocycles. The maximum Gasteiger partial charge on any atom is 0.241 e. The average molecular weight is 435 g/mol. The molecule has 0 saturated carbocycles. The molecule has 11 heteroatoms. The highest BCUT2D eigenvalue weighted by Gasteiger charge is 2.17. The molecular formula is C21H21N7O4. The van der Waals surface area contributed by atoms with E-state index < -0.39 is 0 Å². The van der Waals surface area contributed by atoms with Crippen molar-refractivity contribution in [1.29, 1.82) is 0 Å². The van der Waals surface area contributed by atoms with E-state index in [1.807, 2.05) is 24.3 Å². The summed E-state index contributed by atoms with van der Waals surface area (Å²) >= 11 is 0. The second kappa shape index (κ2) is 8.76. The van der Waals surface area contributed by atoms with Gasteiger partial charge in [0.25, 0.3) is 0 Å². The molecule has 2 N–H and O–H groups in total. The number of imidazole rings is 1. The highest BCUT2D eigenvalue weighted by Crippen LogP contribution is 2.40. The third kappa shape index (κ3) is 3.95. The van der Waals surface area contributed by atoms with E-state index in [0.717, 1.165) is 5.52 Å². The molecule has 0 bridgehead atoms. The zero-order valence-corrected chi connectivity index (χ0v) is 17.9. The molecule has 2 heterocycles. The summed E-state index contributed by atoms with van der Waals surface area (Å²) in [4.78, 5) is 29.1. The van der Waals surface area contributed by atoms with Crippen LogP contribution in [0.4, 0.5) is 17.6 Å². The lowest BCUT2D eigenvalue weighted by molar-refractivity contribution is -0.114. The summed E-state index contributed by atoms with van der Waals surface area (Å²) in [5, 5.41) is 5.83. The molecule has 0 atom stereocenters. The van der Waals surface area contributed by atoms with Gasteiger partial charge in [0.2, 0.25) is 29.5 Å². The molecule has 2 aromatic heterocycles. The Bertz CT molecular complexity index is 1260. The van der Waals surface area contributed by atoms with Crippen molar-refractivity contribution in [3.05, 3.63) is 42.7 Å². The molecule has 164 valence electrons. The second-order valence-electron chi connectivity index (χ2n) is 6.59. The van der Waals surface area contributed by atoms with Crippen LogP contribution in [0.5, 0.6) is 17.2 Å². The topological polar surface area (TPSA) is 125 Å². The number of hydrogen-bond donors (Lipinski definition) is 2. The van der Waals surface area contributed by atoms with Crippen molar-refractivity contribution in [2.45, 2.75) is 6.92 Å². The van der Waals surface area contributed by atoms with Crippen molar-refractivity contribution in [2.24, 2.45) is 0 Å². The third-order valence-electron chi connectivity index (χ3n) is 4.53.